The molecule has 0 saturated heterocycles. The van der Waals surface area contributed by atoms with E-state index in [1.165, 1.54) is 6.20 Å². The lowest BCUT2D eigenvalue weighted by molar-refractivity contribution is 0.112. The number of carbonyl (C=O) groups excluding carboxylic acids is 1. The summed E-state index contributed by atoms with van der Waals surface area (Å²) in [5.41, 5.74) is 1.32. The molecule has 2 aromatic heterocycles. The van der Waals surface area contributed by atoms with Crippen molar-refractivity contribution in [2.75, 3.05) is 0 Å². The summed E-state index contributed by atoms with van der Waals surface area (Å²) < 4.78 is 6.10. The molecule has 0 aliphatic carbocycles. The van der Waals surface area contributed by atoms with Crippen molar-refractivity contribution < 1.29 is 9.21 Å². The summed E-state index contributed by atoms with van der Waals surface area (Å²) in [5, 5.41) is 0. The first-order chi connectivity index (χ1) is 6.81. The fraction of sp³-hybridized carbons (Fsp3) is 0. The van der Waals surface area contributed by atoms with E-state index in [0.717, 1.165) is 16.3 Å². The molecule has 2 aromatic rings. The van der Waals surface area contributed by atoms with Crippen LogP contribution in [0.3, 0.4) is 0 Å². The van der Waals surface area contributed by atoms with Gasteiger partial charge in [0.2, 0.25) is 0 Å². The normalized spacial score (nSPS) is 10.1. The van der Waals surface area contributed by atoms with Gasteiger partial charge in [-0.05, 0) is 28.1 Å². The maximum absolute atomic E-state index is 10.5. The molecule has 3 nitrogen and oxygen atoms in total. The zero-order chi connectivity index (χ0) is 9.97. The number of furan rings is 1. The van der Waals surface area contributed by atoms with Crippen LogP contribution in [0.4, 0.5) is 0 Å². The van der Waals surface area contributed by atoms with E-state index in [4.69, 9.17) is 4.42 Å². The minimum Gasteiger partial charge on any atom is -0.463 e. The van der Waals surface area contributed by atoms with E-state index in [-0.39, 0.29) is 0 Å². The van der Waals surface area contributed by atoms with Crippen LogP contribution in [0.1, 0.15) is 10.4 Å². The van der Waals surface area contributed by atoms with E-state index in [1.807, 2.05) is 0 Å². The average molecular weight is 252 g/mol. The first kappa shape index (κ1) is 9.15. The Hall–Kier alpha value is -1.42. The molecule has 0 amide bonds. The molecule has 2 heterocycles. The topological polar surface area (TPSA) is 43.1 Å². The Morgan fingerprint density at radius 3 is 2.93 bits per heavy atom. The Labute approximate surface area is 88.9 Å². The van der Waals surface area contributed by atoms with E-state index in [1.54, 1.807) is 24.6 Å². The van der Waals surface area contributed by atoms with Crippen LogP contribution >= 0.6 is 15.9 Å². The predicted molar refractivity (Wildman–Crippen MR) is 55.0 cm³/mol. The molecule has 0 fully saturated rings. The third-order valence-electron chi connectivity index (χ3n) is 1.77. The van der Waals surface area contributed by atoms with Gasteiger partial charge < -0.3 is 4.42 Å². The van der Waals surface area contributed by atoms with Gasteiger partial charge in [0, 0.05) is 23.5 Å². The molecule has 70 valence electrons. The molecule has 0 aliphatic heterocycles. The second kappa shape index (κ2) is 3.75. The summed E-state index contributed by atoms with van der Waals surface area (Å²) in [5.74, 6) is 0.682. The first-order valence-corrected chi connectivity index (χ1v) is 4.74. The zero-order valence-electron chi connectivity index (χ0n) is 7.11. The van der Waals surface area contributed by atoms with Gasteiger partial charge in [-0.25, -0.2) is 0 Å². The maximum Gasteiger partial charge on any atom is 0.151 e. The SMILES string of the molecule is O=Cc1cncc(-c2occc2Br)c1. The second-order valence-corrected chi connectivity index (χ2v) is 3.58. The van der Waals surface area contributed by atoms with Gasteiger partial charge in [-0.3, -0.25) is 9.78 Å². The van der Waals surface area contributed by atoms with Crippen LogP contribution in [0.2, 0.25) is 0 Å². The van der Waals surface area contributed by atoms with Gasteiger partial charge in [0.05, 0.1) is 10.7 Å². The second-order valence-electron chi connectivity index (χ2n) is 2.72. The van der Waals surface area contributed by atoms with Crippen molar-refractivity contribution in [3.63, 3.8) is 0 Å². The highest BCUT2D eigenvalue weighted by atomic mass is 79.9. The molecule has 4 heteroatoms. The highest BCUT2D eigenvalue weighted by Crippen LogP contribution is 2.28. The van der Waals surface area contributed by atoms with Gasteiger partial charge in [-0.1, -0.05) is 0 Å². The molecular formula is C10H6BrNO2. The molecule has 14 heavy (non-hydrogen) atoms. The van der Waals surface area contributed by atoms with Gasteiger partial charge in [0.25, 0.3) is 0 Å². The van der Waals surface area contributed by atoms with E-state index in [9.17, 15) is 4.79 Å². The summed E-state index contributed by atoms with van der Waals surface area (Å²) in [6.07, 6.45) is 5.49. The largest absolute Gasteiger partial charge is 0.463 e. The fourth-order valence-corrected chi connectivity index (χ4v) is 1.58. The van der Waals surface area contributed by atoms with Crippen molar-refractivity contribution in [1.29, 1.82) is 0 Å². The Morgan fingerprint density at radius 2 is 2.29 bits per heavy atom. The van der Waals surface area contributed by atoms with E-state index >= 15 is 0 Å². The highest BCUT2D eigenvalue weighted by Gasteiger charge is 2.07. The lowest BCUT2D eigenvalue weighted by Crippen LogP contribution is -1.84. The van der Waals surface area contributed by atoms with Crippen LogP contribution in [-0.2, 0) is 0 Å². The van der Waals surface area contributed by atoms with Crippen LogP contribution < -0.4 is 0 Å². The van der Waals surface area contributed by atoms with Crippen molar-refractivity contribution >= 4 is 22.2 Å². The molecular weight excluding hydrogens is 246 g/mol. The zero-order valence-corrected chi connectivity index (χ0v) is 8.69. The maximum atomic E-state index is 10.5. The molecule has 0 radical (unpaired) electrons. The molecule has 0 bridgehead atoms. The van der Waals surface area contributed by atoms with Crippen molar-refractivity contribution in [2.45, 2.75) is 0 Å². The lowest BCUT2D eigenvalue weighted by Gasteiger charge is -1.97. The van der Waals surface area contributed by atoms with Crippen molar-refractivity contribution in [1.82, 2.24) is 4.98 Å². The number of aldehydes is 1. The number of hydrogen-bond acceptors (Lipinski definition) is 3. The molecule has 2 rings (SSSR count). The van der Waals surface area contributed by atoms with Crippen molar-refractivity contribution in [3.8, 4) is 11.3 Å². The Kier molecular flexibility index (Phi) is 2.45. The third kappa shape index (κ3) is 1.61. The van der Waals surface area contributed by atoms with Crippen LogP contribution in [-0.4, -0.2) is 11.3 Å². The fourth-order valence-electron chi connectivity index (χ4n) is 1.15. The quantitative estimate of drug-likeness (QED) is 0.771. The van der Waals surface area contributed by atoms with Gasteiger partial charge in [-0.2, -0.15) is 0 Å². The molecule has 0 N–H and O–H groups in total. The number of rotatable bonds is 2. The monoisotopic (exact) mass is 251 g/mol. The molecule has 0 unspecified atom stereocenters. The van der Waals surface area contributed by atoms with Gasteiger partial charge in [0.15, 0.2) is 6.29 Å². The number of carbonyl (C=O) groups is 1. The number of halogens is 1. The third-order valence-corrected chi connectivity index (χ3v) is 2.40. The van der Waals surface area contributed by atoms with Crippen LogP contribution in [0.15, 0.2) is 39.7 Å². The van der Waals surface area contributed by atoms with Crippen LogP contribution in [0, 0.1) is 0 Å². The summed E-state index contributed by atoms with van der Waals surface area (Å²) in [4.78, 5) is 14.5. The lowest BCUT2D eigenvalue weighted by atomic mass is 10.2. The molecule has 0 atom stereocenters. The Morgan fingerprint density at radius 1 is 1.43 bits per heavy atom. The number of nitrogens with zero attached hydrogens (tertiary/aromatic N) is 1. The number of hydrogen-bond donors (Lipinski definition) is 0. The Bertz CT molecular complexity index is 465. The minimum absolute atomic E-state index is 0.533. The number of aromatic nitrogens is 1. The predicted octanol–water partition coefficient (Wildman–Crippen LogP) is 2.92. The average Bonchev–Trinajstić information content (AvgIpc) is 2.65. The standard InChI is InChI=1S/C10H6BrNO2/c11-9-1-2-14-10(9)8-3-7(6-13)4-12-5-8/h1-6H. The van der Waals surface area contributed by atoms with Gasteiger partial charge in [-0.15, -0.1) is 0 Å². The molecule has 0 saturated carbocycles. The molecule has 0 aliphatic rings. The summed E-state index contributed by atoms with van der Waals surface area (Å²) in [6, 6.07) is 3.52. The van der Waals surface area contributed by atoms with Gasteiger partial charge in [0.1, 0.15) is 5.76 Å². The van der Waals surface area contributed by atoms with E-state index in [0.29, 0.717) is 11.3 Å². The van der Waals surface area contributed by atoms with Gasteiger partial charge >= 0.3 is 0 Å². The number of pyridine rings is 1. The first-order valence-electron chi connectivity index (χ1n) is 3.95. The van der Waals surface area contributed by atoms with Crippen LogP contribution in [0.5, 0.6) is 0 Å². The van der Waals surface area contributed by atoms with Crippen LogP contribution in [0.25, 0.3) is 11.3 Å². The summed E-state index contributed by atoms with van der Waals surface area (Å²) in [6.45, 7) is 0. The summed E-state index contributed by atoms with van der Waals surface area (Å²) >= 11 is 3.34. The highest BCUT2D eigenvalue weighted by molar-refractivity contribution is 9.10. The summed E-state index contributed by atoms with van der Waals surface area (Å²) in [7, 11) is 0. The van der Waals surface area contributed by atoms with E-state index < -0.39 is 0 Å². The minimum atomic E-state index is 0.533. The van der Waals surface area contributed by atoms with E-state index in [2.05, 4.69) is 20.9 Å². The van der Waals surface area contributed by atoms with Crippen molar-refractivity contribution in [3.05, 3.63) is 40.8 Å². The van der Waals surface area contributed by atoms with Crippen molar-refractivity contribution in [2.24, 2.45) is 0 Å². The smallest absolute Gasteiger partial charge is 0.151 e. The molecule has 0 aromatic carbocycles. The molecule has 0 spiro atoms. The Balaban J connectivity index is 2.52.